The van der Waals surface area contributed by atoms with Crippen LogP contribution in [0.2, 0.25) is 0 Å². The first-order valence-corrected chi connectivity index (χ1v) is 12.9. The molecule has 9 heteroatoms. The van der Waals surface area contributed by atoms with Gasteiger partial charge in [0.15, 0.2) is 0 Å². The molecule has 1 aliphatic rings. The Morgan fingerprint density at radius 2 is 2.00 bits per heavy atom. The Hall–Kier alpha value is -3.98. The number of hydrazine groups is 1. The molecule has 0 bridgehead atoms. The molecular formula is C28H35N7O2. The van der Waals surface area contributed by atoms with Crippen molar-refractivity contribution in [2.45, 2.75) is 58.2 Å². The number of amides is 2. The topological polar surface area (TPSA) is 116 Å². The number of hydrogen-bond acceptors (Lipinski definition) is 5. The number of fused-ring (bicyclic) bond motifs is 1. The molecule has 2 heterocycles. The molecule has 1 fully saturated rings. The molecule has 2 aromatic heterocycles. The number of urea groups is 1. The Morgan fingerprint density at radius 3 is 2.65 bits per heavy atom. The molecule has 0 radical (unpaired) electrons. The van der Waals surface area contributed by atoms with Crippen molar-refractivity contribution >= 4 is 28.3 Å². The van der Waals surface area contributed by atoms with E-state index in [4.69, 9.17) is 16.3 Å². The summed E-state index contributed by atoms with van der Waals surface area (Å²) in [5, 5.41) is 9.19. The third-order valence-electron chi connectivity index (χ3n) is 6.86. The number of benzene rings is 2. The van der Waals surface area contributed by atoms with E-state index in [0.717, 1.165) is 64.4 Å². The fourth-order valence-corrected chi connectivity index (χ4v) is 4.79. The molecule has 4 aromatic rings. The van der Waals surface area contributed by atoms with Gasteiger partial charge in [-0.05, 0) is 63.4 Å². The molecule has 37 heavy (non-hydrogen) atoms. The van der Waals surface area contributed by atoms with Crippen molar-refractivity contribution in [1.29, 1.82) is 0 Å². The standard InChI is InChI=1S/C28H35N7O2/c1-19(2)32-28(36)35(30)22-10-8-20(9-11-22)27-26(29)24-13-12-23(18-25(24)34(27)21-6-3-7-21)37-17-5-16-33-15-4-14-31-33/h4,8-15,18-19,21H,3,5-7,16-17,29-30H2,1-2H3,(H,32,36). The Balaban J connectivity index is 1.41. The monoisotopic (exact) mass is 501 g/mol. The number of aromatic nitrogens is 3. The Kier molecular flexibility index (Phi) is 7.05. The van der Waals surface area contributed by atoms with Crippen LogP contribution in [-0.4, -0.2) is 33.0 Å². The zero-order valence-electron chi connectivity index (χ0n) is 21.4. The quantitative estimate of drug-likeness (QED) is 0.128. The fourth-order valence-electron chi connectivity index (χ4n) is 4.79. The van der Waals surface area contributed by atoms with Crippen LogP contribution in [-0.2, 0) is 6.54 Å². The van der Waals surface area contributed by atoms with Gasteiger partial charge < -0.3 is 20.4 Å². The van der Waals surface area contributed by atoms with E-state index < -0.39 is 0 Å². The maximum absolute atomic E-state index is 12.3. The van der Waals surface area contributed by atoms with Gasteiger partial charge in [0.25, 0.3) is 0 Å². The highest BCUT2D eigenvalue weighted by atomic mass is 16.5. The largest absolute Gasteiger partial charge is 0.493 e. The number of carbonyl (C=O) groups is 1. The van der Waals surface area contributed by atoms with E-state index in [9.17, 15) is 4.79 Å². The SMILES string of the molecule is CC(C)NC(=O)N(N)c1ccc(-c2c(N)c3ccc(OCCCn4cccn4)cc3n2C2CCC2)cc1. The summed E-state index contributed by atoms with van der Waals surface area (Å²) in [5.41, 5.74) is 11.2. The molecule has 2 amide bonds. The van der Waals surface area contributed by atoms with Gasteiger partial charge in [-0.3, -0.25) is 4.68 Å². The summed E-state index contributed by atoms with van der Waals surface area (Å²) in [6.45, 7) is 5.22. The zero-order valence-corrected chi connectivity index (χ0v) is 21.4. The minimum absolute atomic E-state index is 0.000988. The highest BCUT2D eigenvalue weighted by Gasteiger charge is 2.27. The number of aryl methyl sites for hydroxylation is 1. The maximum atomic E-state index is 12.3. The van der Waals surface area contributed by atoms with Crippen LogP contribution in [0.4, 0.5) is 16.2 Å². The fraction of sp³-hybridized carbons (Fsp3) is 0.357. The second-order valence-corrected chi connectivity index (χ2v) is 9.89. The molecule has 0 atom stereocenters. The van der Waals surface area contributed by atoms with Crippen molar-refractivity contribution in [1.82, 2.24) is 19.7 Å². The minimum atomic E-state index is -0.344. The molecule has 194 valence electrons. The van der Waals surface area contributed by atoms with E-state index in [1.165, 1.54) is 6.42 Å². The van der Waals surface area contributed by atoms with Crippen molar-refractivity contribution in [3.63, 3.8) is 0 Å². The van der Waals surface area contributed by atoms with E-state index >= 15 is 0 Å². The predicted molar refractivity (Wildman–Crippen MR) is 147 cm³/mol. The van der Waals surface area contributed by atoms with Crippen LogP contribution in [0, 0.1) is 0 Å². The highest BCUT2D eigenvalue weighted by Crippen LogP contribution is 2.45. The van der Waals surface area contributed by atoms with E-state index in [1.807, 2.05) is 61.1 Å². The molecule has 0 spiro atoms. The lowest BCUT2D eigenvalue weighted by atomic mass is 9.92. The summed E-state index contributed by atoms with van der Waals surface area (Å²) in [6.07, 6.45) is 8.06. The summed E-state index contributed by atoms with van der Waals surface area (Å²) in [4.78, 5) is 12.3. The van der Waals surface area contributed by atoms with Crippen LogP contribution in [0.1, 0.15) is 45.6 Å². The first-order chi connectivity index (χ1) is 17.9. The van der Waals surface area contributed by atoms with Gasteiger partial charge in [-0.15, -0.1) is 0 Å². The van der Waals surface area contributed by atoms with Gasteiger partial charge in [0.1, 0.15) is 5.75 Å². The first kappa shape index (κ1) is 24.7. The average Bonchev–Trinajstić information content (AvgIpc) is 3.47. The van der Waals surface area contributed by atoms with Gasteiger partial charge in [-0.25, -0.2) is 15.6 Å². The predicted octanol–water partition coefficient (Wildman–Crippen LogP) is 5.08. The van der Waals surface area contributed by atoms with Gasteiger partial charge in [0, 0.05) is 54.5 Å². The summed E-state index contributed by atoms with van der Waals surface area (Å²) in [6, 6.07) is 15.8. The average molecular weight is 502 g/mol. The van der Waals surface area contributed by atoms with Gasteiger partial charge in [-0.1, -0.05) is 12.1 Å². The molecule has 0 aliphatic heterocycles. The molecule has 2 aromatic carbocycles. The van der Waals surface area contributed by atoms with Crippen molar-refractivity contribution < 1.29 is 9.53 Å². The molecule has 5 N–H and O–H groups in total. The van der Waals surface area contributed by atoms with E-state index in [1.54, 1.807) is 6.20 Å². The summed E-state index contributed by atoms with van der Waals surface area (Å²) in [5.74, 6) is 6.88. The number of nitrogens with one attached hydrogen (secondary N) is 1. The number of nitrogens with zero attached hydrogens (tertiary/aromatic N) is 4. The van der Waals surface area contributed by atoms with Crippen LogP contribution >= 0.6 is 0 Å². The van der Waals surface area contributed by atoms with Crippen LogP contribution in [0.3, 0.4) is 0 Å². The van der Waals surface area contributed by atoms with Crippen molar-refractivity contribution in [3.8, 4) is 17.0 Å². The number of nitrogens with two attached hydrogens (primary N) is 2. The van der Waals surface area contributed by atoms with Gasteiger partial charge in [0.2, 0.25) is 0 Å². The van der Waals surface area contributed by atoms with Crippen LogP contribution in [0.5, 0.6) is 5.75 Å². The smallest absolute Gasteiger partial charge is 0.336 e. The molecule has 1 saturated carbocycles. The lowest BCUT2D eigenvalue weighted by Crippen LogP contribution is -2.47. The summed E-state index contributed by atoms with van der Waals surface area (Å²) in [7, 11) is 0. The van der Waals surface area contributed by atoms with Gasteiger partial charge in [0.05, 0.1) is 29.2 Å². The number of rotatable bonds is 9. The van der Waals surface area contributed by atoms with Gasteiger partial charge >= 0.3 is 6.03 Å². The first-order valence-electron chi connectivity index (χ1n) is 12.9. The summed E-state index contributed by atoms with van der Waals surface area (Å²) >= 11 is 0. The maximum Gasteiger partial charge on any atom is 0.336 e. The number of anilines is 2. The second kappa shape index (κ2) is 10.6. The lowest BCUT2D eigenvalue weighted by Gasteiger charge is -2.30. The molecule has 5 rings (SSSR count). The van der Waals surface area contributed by atoms with Crippen molar-refractivity contribution in [3.05, 3.63) is 60.9 Å². The minimum Gasteiger partial charge on any atom is -0.493 e. The molecular weight excluding hydrogens is 466 g/mol. The zero-order chi connectivity index (χ0) is 25.9. The van der Waals surface area contributed by atoms with Crippen LogP contribution in [0.15, 0.2) is 60.9 Å². The number of ether oxygens (including phenoxy) is 1. The molecule has 1 aliphatic carbocycles. The Bertz CT molecular complexity index is 1360. The third-order valence-corrected chi connectivity index (χ3v) is 6.86. The van der Waals surface area contributed by atoms with Crippen molar-refractivity contribution in [2.24, 2.45) is 5.84 Å². The van der Waals surface area contributed by atoms with Crippen LogP contribution < -0.4 is 26.6 Å². The van der Waals surface area contributed by atoms with E-state index in [-0.39, 0.29) is 12.1 Å². The number of hydrogen-bond donors (Lipinski definition) is 3. The molecule has 0 saturated heterocycles. The highest BCUT2D eigenvalue weighted by molar-refractivity contribution is 6.02. The molecule has 9 nitrogen and oxygen atoms in total. The van der Waals surface area contributed by atoms with Crippen molar-refractivity contribution in [2.75, 3.05) is 17.3 Å². The number of carbonyl (C=O) groups excluding carboxylic acids is 1. The normalized spacial score (nSPS) is 13.6. The Morgan fingerprint density at radius 1 is 1.22 bits per heavy atom. The third kappa shape index (κ3) is 5.13. The van der Waals surface area contributed by atoms with Gasteiger partial charge in [-0.2, -0.15) is 5.10 Å². The Labute approximate surface area is 216 Å². The molecule has 0 unspecified atom stereocenters. The second-order valence-electron chi connectivity index (χ2n) is 9.89. The summed E-state index contributed by atoms with van der Waals surface area (Å²) < 4.78 is 10.4. The van der Waals surface area contributed by atoms with E-state index in [0.29, 0.717) is 18.3 Å². The lowest BCUT2D eigenvalue weighted by molar-refractivity contribution is 0.244. The van der Waals surface area contributed by atoms with E-state index in [2.05, 4.69) is 27.1 Å². The van der Waals surface area contributed by atoms with Crippen LogP contribution in [0.25, 0.3) is 22.2 Å². The number of nitrogen functional groups attached to an aromatic ring is 1.